The van der Waals surface area contributed by atoms with Crippen molar-refractivity contribution < 1.29 is 0 Å². The molecule has 0 fully saturated rings. The molecule has 1 aliphatic carbocycles. The van der Waals surface area contributed by atoms with Crippen LogP contribution in [0.2, 0.25) is 0 Å². The van der Waals surface area contributed by atoms with Gasteiger partial charge in [0.25, 0.3) is 0 Å². The maximum atomic E-state index is 2.45. The molecule has 75 heavy (non-hydrogen) atoms. The normalized spacial score (nSPS) is 13.7. The molecule has 0 N–H and O–H groups in total. The van der Waals surface area contributed by atoms with Gasteiger partial charge in [-0.1, -0.05) is 243 Å². The van der Waals surface area contributed by atoms with Crippen LogP contribution in [0, 0.1) is 0 Å². The van der Waals surface area contributed by atoms with Crippen molar-refractivity contribution in [2.24, 2.45) is 0 Å². The molecule has 1 aliphatic rings. The van der Waals surface area contributed by atoms with Crippen LogP contribution in [-0.4, -0.2) is 0 Å². The molecule has 0 spiro atoms. The Morgan fingerprint density at radius 2 is 0.733 bits per heavy atom. The van der Waals surface area contributed by atoms with E-state index in [9.17, 15) is 0 Å². The molecule has 0 radical (unpaired) electrons. The van der Waals surface area contributed by atoms with E-state index >= 15 is 0 Å². The molecule has 0 amide bonds. The lowest BCUT2D eigenvalue weighted by Crippen LogP contribution is -2.22. The molecule has 0 aromatic heterocycles. The van der Waals surface area contributed by atoms with Gasteiger partial charge in [0, 0.05) is 22.5 Å². The minimum absolute atomic E-state index is 0.343. The van der Waals surface area contributed by atoms with E-state index in [0.29, 0.717) is 0 Å². The third-order valence-corrected chi connectivity index (χ3v) is 15.9. The van der Waals surface area contributed by atoms with Crippen molar-refractivity contribution in [2.45, 2.75) is 12.3 Å². The maximum Gasteiger partial charge on any atom is 0.0467 e. The summed E-state index contributed by atoms with van der Waals surface area (Å²) in [4.78, 5) is 2.45. The fourth-order valence-electron chi connectivity index (χ4n) is 12.2. The van der Waals surface area contributed by atoms with Crippen LogP contribution < -0.4 is 4.90 Å². The highest BCUT2D eigenvalue weighted by molar-refractivity contribution is 6.22. The van der Waals surface area contributed by atoms with Crippen LogP contribution in [0.4, 0.5) is 17.1 Å². The van der Waals surface area contributed by atoms with Crippen molar-refractivity contribution in [3.8, 4) is 66.8 Å². The molecule has 1 unspecified atom stereocenters. The van der Waals surface area contributed by atoms with E-state index in [-0.39, 0.29) is 5.41 Å². The number of benzene rings is 13. The van der Waals surface area contributed by atoms with Crippen molar-refractivity contribution in [1.82, 2.24) is 0 Å². The second-order valence-corrected chi connectivity index (χ2v) is 20.1. The Hall–Kier alpha value is -9.56. The molecule has 1 heteroatoms. The summed E-state index contributed by atoms with van der Waals surface area (Å²) in [5, 5.41) is 7.50. The van der Waals surface area contributed by atoms with Gasteiger partial charge in [0.15, 0.2) is 0 Å². The largest absolute Gasteiger partial charge is 0.310 e. The highest BCUT2D eigenvalue weighted by atomic mass is 15.1. The van der Waals surface area contributed by atoms with E-state index in [1.54, 1.807) is 0 Å². The van der Waals surface area contributed by atoms with Gasteiger partial charge in [0.1, 0.15) is 0 Å². The number of rotatable bonds is 9. The van der Waals surface area contributed by atoms with Crippen LogP contribution in [0.1, 0.15) is 23.6 Å². The fraction of sp³-hybridized carbons (Fsp3) is 0.0270. The van der Waals surface area contributed by atoms with Crippen molar-refractivity contribution in [3.05, 3.63) is 308 Å². The van der Waals surface area contributed by atoms with E-state index in [4.69, 9.17) is 0 Å². The van der Waals surface area contributed by atoms with Gasteiger partial charge in [-0.3, -0.25) is 0 Å². The Labute approximate surface area is 438 Å². The number of hydrogen-bond donors (Lipinski definition) is 0. The summed E-state index contributed by atoms with van der Waals surface area (Å²) in [6, 6.07) is 107. The summed E-state index contributed by atoms with van der Waals surface area (Å²) in [6.45, 7) is 2.40. The highest BCUT2D eigenvalue weighted by Crippen LogP contribution is 2.54. The Kier molecular flexibility index (Phi) is 10.7. The van der Waals surface area contributed by atoms with Gasteiger partial charge in [-0.05, 0) is 171 Å². The van der Waals surface area contributed by atoms with Crippen LogP contribution in [0.15, 0.2) is 291 Å². The number of fused-ring (bicyclic) bond motifs is 7. The minimum Gasteiger partial charge on any atom is -0.310 e. The highest BCUT2D eigenvalue weighted by Gasteiger charge is 2.41. The fourth-order valence-corrected chi connectivity index (χ4v) is 12.2. The van der Waals surface area contributed by atoms with Crippen LogP contribution in [0.5, 0.6) is 0 Å². The zero-order valence-electron chi connectivity index (χ0n) is 41.7. The second kappa shape index (κ2) is 18.2. The van der Waals surface area contributed by atoms with E-state index in [2.05, 4.69) is 303 Å². The van der Waals surface area contributed by atoms with Gasteiger partial charge in [-0.15, -0.1) is 0 Å². The van der Waals surface area contributed by atoms with Gasteiger partial charge < -0.3 is 4.90 Å². The molecule has 0 saturated carbocycles. The zero-order chi connectivity index (χ0) is 49.9. The number of anilines is 3. The van der Waals surface area contributed by atoms with Gasteiger partial charge in [-0.25, -0.2) is 0 Å². The van der Waals surface area contributed by atoms with Crippen LogP contribution in [-0.2, 0) is 5.41 Å². The lowest BCUT2D eigenvalue weighted by molar-refractivity contribution is 0.714. The lowest BCUT2D eigenvalue weighted by Gasteiger charge is -2.31. The third-order valence-electron chi connectivity index (χ3n) is 15.9. The maximum absolute atomic E-state index is 2.45. The topological polar surface area (TPSA) is 3.24 Å². The molecule has 0 bridgehead atoms. The predicted octanol–water partition coefficient (Wildman–Crippen LogP) is 20.3. The summed E-state index contributed by atoms with van der Waals surface area (Å²) in [5.41, 5.74) is 21.5. The molecule has 13 aromatic rings. The quantitative estimate of drug-likeness (QED) is 0.130. The minimum atomic E-state index is -0.343. The standard InChI is InChI=1S/C74H51N/c1-74(60-25-9-4-10-26-60)70-31-16-15-29-66(70)67-45-43-63(49-71(67)74)75(61-41-38-52(39-42-61)51-32-34-53(35-33-51)58-37-36-50-18-11-12-23-56(50)46-58)62-27-17-24-57(47-62)59-40-44-65-64-28-13-14-30-68(64)72(54-19-5-2-6-20-54)73(69(65)48-59)55-21-7-3-8-22-55/h2-49H,1H3. The molecule has 0 saturated heterocycles. The van der Waals surface area contributed by atoms with Gasteiger partial charge in [0.05, 0.1) is 0 Å². The summed E-state index contributed by atoms with van der Waals surface area (Å²) in [7, 11) is 0. The first-order chi connectivity index (χ1) is 37.1. The first kappa shape index (κ1) is 44.2. The smallest absolute Gasteiger partial charge is 0.0467 e. The Morgan fingerprint density at radius 3 is 1.47 bits per heavy atom. The van der Waals surface area contributed by atoms with Crippen molar-refractivity contribution in [1.29, 1.82) is 0 Å². The molecular formula is C74H51N. The number of hydrogen-bond acceptors (Lipinski definition) is 1. The monoisotopic (exact) mass is 953 g/mol. The number of nitrogens with zero attached hydrogens (tertiary/aromatic N) is 1. The zero-order valence-corrected chi connectivity index (χ0v) is 41.7. The Balaban J connectivity index is 0.913. The second-order valence-electron chi connectivity index (χ2n) is 20.1. The van der Waals surface area contributed by atoms with E-state index < -0.39 is 0 Å². The van der Waals surface area contributed by atoms with Crippen LogP contribution >= 0.6 is 0 Å². The van der Waals surface area contributed by atoms with E-state index in [0.717, 1.165) is 22.6 Å². The summed E-state index contributed by atoms with van der Waals surface area (Å²) in [6.07, 6.45) is 0. The van der Waals surface area contributed by atoms with Gasteiger partial charge in [0.2, 0.25) is 0 Å². The van der Waals surface area contributed by atoms with E-state index in [1.165, 1.54) is 110 Å². The predicted molar refractivity (Wildman–Crippen MR) is 318 cm³/mol. The molecule has 1 atom stereocenters. The summed E-state index contributed by atoms with van der Waals surface area (Å²) in [5.74, 6) is 0. The van der Waals surface area contributed by atoms with Crippen LogP contribution in [0.3, 0.4) is 0 Å². The first-order valence-electron chi connectivity index (χ1n) is 26.1. The van der Waals surface area contributed by atoms with Crippen molar-refractivity contribution in [3.63, 3.8) is 0 Å². The van der Waals surface area contributed by atoms with Crippen LogP contribution in [0.25, 0.3) is 99.1 Å². The molecule has 13 aromatic carbocycles. The van der Waals surface area contributed by atoms with Crippen molar-refractivity contribution >= 4 is 49.4 Å². The SMILES string of the molecule is CC1(c2ccccc2)c2ccccc2-c2ccc(N(c3ccc(-c4ccc(-c5ccc6ccccc6c5)cc4)cc3)c3cccc(-c4ccc5c(c4)c(-c4ccccc4)c(-c4ccccc4)c4ccccc45)c3)cc21. The molecule has 1 nitrogen and oxygen atoms in total. The molecule has 14 rings (SSSR count). The summed E-state index contributed by atoms with van der Waals surface area (Å²) >= 11 is 0. The van der Waals surface area contributed by atoms with E-state index in [1.807, 2.05) is 0 Å². The summed E-state index contributed by atoms with van der Waals surface area (Å²) < 4.78 is 0. The average Bonchev–Trinajstić information content (AvgIpc) is 3.81. The van der Waals surface area contributed by atoms with Crippen molar-refractivity contribution in [2.75, 3.05) is 4.90 Å². The first-order valence-corrected chi connectivity index (χ1v) is 26.1. The Morgan fingerprint density at radius 1 is 0.253 bits per heavy atom. The third kappa shape index (κ3) is 7.55. The average molecular weight is 954 g/mol. The van der Waals surface area contributed by atoms with Gasteiger partial charge in [-0.2, -0.15) is 0 Å². The molecule has 352 valence electrons. The molecule has 0 heterocycles. The lowest BCUT2D eigenvalue weighted by atomic mass is 9.74. The Bertz CT molecular complexity index is 4270. The van der Waals surface area contributed by atoms with Gasteiger partial charge >= 0.3 is 0 Å². The molecule has 0 aliphatic heterocycles. The molecular weight excluding hydrogens is 903 g/mol.